The number of rotatable bonds is 2. The van der Waals surface area contributed by atoms with Crippen LogP contribution >= 0.6 is 0 Å². The molecule has 2 N–H and O–H groups in total. The minimum Gasteiger partial charge on any atom is -0.622 e. The van der Waals surface area contributed by atoms with Gasteiger partial charge in [-0.3, -0.25) is 5.06 Å². The Morgan fingerprint density at radius 1 is 1.22 bits per heavy atom. The molecule has 23 heavy (non-hydrogen) atoms. The van der Waals surface area contributed by atoms with Crippen LogP contribution < -0.4 is 10.4 Å². The molecule has 3 heterocycles. The van der Waals surface area contributed by atoms with E-state index in [-0.39, 0.29) is 17.0 Å². The van der Waals surface area contributed by atoms with Crippen LogP contribution in [0.1, 0.15) is 31.4 Å². The molecule has 3 aliphatic rings. The van der Waals surface area contributed by atoms with Crippen molar-refractivity contribution in [3.05, 3.63) is 64.8 Å². The lowest BCUT2D eigenvalue weighted by Gasteiger charge is -2.38. The van der Waals surface area contributed by atoms with Crippen LogP contribution in [0.15, 0.2) is 64.0 Å². The zero-order valence-corrected chi connectivity index (χ0v) is 13.1. The Hall–Kier alpha value is -2.08. The van der Waals surface area contributed by atoms with Gasteiger partial charge in [-0.15, -0.1) is 0 Å². The van der Waals surface area contributed by atoms with E-state index in [1.54, 1.807) is 18.5 Å². The Bertz CT molecular complexity index is 720. The highest BCUT2D eigenvalue weighted by atomic mass is 16.5. The Balaban J connectivity index is 1.59. The first-order chi connectivity index (χ1) is 11.2. The average Bonchev–Trinajstić information content (AvgIpc) is 3.05. The van der Waals surface area contributed by atoms with Gasteiger partial charge in [0.1, 0.15) is 5.70 Å². The normalized spacial score (nSPS) is 32.9. The number of amidine groups is 1. The first kappa shape index (κ1) is 14.5. The van der Waals surface area contributed by atoms with Crippen LogP contribution in [-0.2, 0) is 0 Å². The van der Waals surface area contributed by atoms with Crippen molar-refractivity contribution in [1.29, 1.82) is 0 Å². The van der Waals surface area contributed by atoms with Crippen LogP contribution in [0.25, 0.3) is 0 Å². The molecule has 4 atom stereocenters. The van der Waals surface area contributed by atoms with E-state index in [0.717, 1.165) is 12.8 Å². The smallest absolute Gasteiger partial charge is 0.209 e. The quantitative estimate of drug-likeness (QED) is 0.817. The third-order valence-corrected chi connectivity index (χ3v) is 4.77. The molecule has 0 aromatic heterocycles. The average molecular weight is 308 g/mol. The Morgan fingerprint density at radius 3 is 2.87 bits per heavy atom. The Labute approximate surface area is 135 Å². The lowest BCUT2D eigenvalue weighted by molar-refractivity contribution is -0.703. The molecule has 0 amide bonds. The summed E-state index contributed by atoms with van der Waals surface area (Å²) in [4.78, 5) is 8.63. The molecule has 4 rings (SSSR count). The van der Waals surface area contributed by atoms with Gasteiger partial charge in [0.15, 0.2) is 5.70 Å². The SMILES string of the molecule is CC1CC(C2=NC=C3N=CC=C3[NH+]2[O-])CC(c2ccccc2)N1. The minimum absolute atomic E-state index is 0.0471. The summed E-state index contributed by atoms with van der Waals surface area (Å²) in [6.45, 7) is 2.18. The van der Waals surface area contributed by atoms with Crippen molar-refractivity contribution >= 4 is 12.1 Å². The van der Waals surface area contributed by atoms with Crippen molar-refractivity contribution in [2.75, 3.05) is 0 Å². The molecule has 3 aliphatic heterocycles. The third kappa shape index (κ3) is 2.67. The second kappa shape index (κ2) is 5.85. The lowest BCUT2D eigenvalue weighted by Crippen LogP contribution is -3.09. The molecule has 1 saturated heterocycles. The fraction of sp³-hybridized carbons (Fsp3) is 0.333. The Kier molecular flexibility index (Phi) is 3.69. The molecule has 1 fully saturated rings. The molecule has 0 spiro atoms. The molecule has 5 heteroatoms. The van der Waals surface area contributed by atoms with Crippen LogP contribution in [0.5, 0.6) is 0 Å². The molecule has 0 radical (unpaired) electrons. The largest absolute Gasteiger partial charge is 0.622 e. The number of hydrogen-bond donors (Lipinski definition) is 2. The van der Waals surface area contributed by atoms with E-state index in [4.69, 9.17) is 0 Å². The number of fused-ring (bicyclic) bond motifs is 1. The fourth-order valence-corrected chi connectivity index (χ4v) is 3.69. The van der Waals surface area contributed by atoms with E-state index in [1.165, 1.54) is 5.56 Å². The first-order valence-electron chi connectivity index (χ1n) is 8.10. The van der Waals surface area contributed by atoms with Gasteiger partial charge in [-0.25, -0.2) is 9.98 Å². The molecular formula is C18H20N4O. The van der Waals surface area contributed by atoms with Gasteiger partial charge in [-0.05, 0) is 25.3 Å². The zero-order valence-electron chi connectivity index (χ0n) is 13.1. The van der Waals surface area contributed by atoms with Gasteiger partial charge in [-0.2, -0.15) is 0 Å². The van der Waals surface area contributed by atoms with Crippen molar-refractivity contribution < 1.29 is 5.06 Å². The third-order valence-electron chi connectivity index (χ3n) is 4.77. The van der Waals surface area contributed by atoms with E-state index in [1.807, 2.05) is 6.07 Å². The minimum atomic E-state index is 0.0471. The number of nitrogens with zero attached hydrogens (tertiary/aromatic N) is 2. The molecule has 0 aliphatic carbocycles. The molecule has 5 nitrogen and oxygen atoms in total. The van der Waals surface area contributed by atoms with E-state index in [2.05, 4.69) is 46.5 Å². The molecule has 4 unspecified atom stereocenters. The molecule has 1 aromatic rings. The van der Waals surface area contributed by atoms with Crippen LogP contribution in [-0.4, -0.2) is 18.1 Å². The number of allylic oxidation sites excluding steroid dienone is 1. The second-order valence-corrected chi connectivity index (χ2v) is 6.42. The van der Waals surface area contributed by atoms with Crippen molar-refractivity contribution in [2.24, 2.45) is 15.9 Å². The highest BCUT2D eigenvalue weighted by Crippen LogP contribution is 2.31. The fourth-order valence-electron chi connectivity index (χ4n) is 3.69. The van der Waals surface area contributed by atoms with Crippen LogP contribution in [0.2, 0.25) is 0 Å². The van der Waals surface area contributed by atoms with Gasteiger partial charge >= 0.3 is 0 Å². The summed E-state index contributed by atoms with van der Waals surface area (Å²) in [5, 5.41) is 16.4. The summed E-state index contributed by atoms with van der Waals surface area (Å²) >= 11 is 0. The number of piperidine rings is 1. The van der Waals surface area contributed by atoms with Crippen molar-refractivity contribution in [2.45, 2.75) is 31.8 Å². The summed E-state index contributed by atoms with van der Waals surface area (Å²) in [6.07, 6.45) is 7.04. The predicted molar refractivity (Wildman–Crippen MR) is 90.9 cm³/mol. The van der Waals surface area contributed by atoms with E-state index < -0.39 is 0 Å². The maximum Gasteiger partial charge on any atom is 0.209 e. The molecule has 0 saturated carbocycles. The van der Waals surface area contributed by atoms with Crippen molar-refractivity contribution in [1.82, 2.24) is 5.32 Å². The maximum atomic E-state index is 12.7. The van der Waals surface area contributed by atoms with E-state index in [0.29, 0.717) is 23.3 Å². The first-order valence-corrected chi connectivity index (χ1v) is 8.10. The van der Waals surface area contributed by atoms with Crippen LogP contribution in [0.3, 0.4) is 0 Å². The maximum absolute atomic E-state index is 12.7. The predicted octanol–water partition coefficient (Wildman–Crippen LogP) is 1.72. The zero-order chi connectivity index (χ0) is 15.8. The summed E-state index contributed by atoms with van der Waals surface area (Å²) in [5.74, 6) is 0.878. The van der Waals surface area contributed by atoms with Gasteiger partial charge in [0, 0.05) is 24.4 Å². The van der Waals surface area contributed by atoms with E-state index >= 15 is 0 Å². The number of benzene rings is 1. The summed E-state index contributed by atoms with van der Waals surface area (Å²) in [5.41, 5.74) is 2.66. The van der Waals surface area contributed by atoms with Crippen molar-refractivity contribution in [3.8, 4) is 0 Å². The number of aliphatic imine (C=N–C) groups is 2. The molecular weight excluding hydrogens is 288 g/mol. The summed E-state index contributed by atoms with van der Waals surface area (Å²) < 4.78 is 0. The van der Waals surface area contributed by atoms with E-state index in [9.17, 15) is 5.21 Å². The second-order valence-electron chi connectivity index (χ2n) is 6.42. The summed E-state index contributed by atoms with van der Waals surface area (Å²) in [6, 6.07) is 11.0. The number of quaternary nitrogens is 1. The number of hydroxylamine groups is 2. The number of hydrogen-bond acceptors (Lipinski definition) is 4. The topological polar surface area (TPSA) is 64.2 Å². The van der Waals surface area contributed by atoms with Gasteiger partial charge in [-0.1, -0.05) is 30.3 Å². The lowest BCUT2D eigenvalue weighted by atomic mass is 9.84. The van der Waals surface area contributed by atoms with Crippen LogP contribution in [0, 0.1) is 11.1 Å². The monoisotopic (exact) mass is 308 g/mol. The highest BCUT2D eigenvalue weighted by Gasteiger charge is 2.36. The Morgan fingerprint density at radius 2 is 2.04 bits per heavy atom. The van der Waals surface area contributed by atoms with Crippen molar-refractivity contribution in [3.63, 3.8) is 0 Å². The molecule has 1 aromatic carbocycles. The highest BCUT2D eigenvalue weighted by molar-refractivity contribution is 5.84. The van der Waals surface area contributed by atoms with Gasteiger partial charge in [0.05, 0.1) is 12.1 Å². The molecule has 0 bridgehead atoms. The van der Waals surface area contributed by atoms with Gasteiger partial charge in [0.25, 0.3) is 0 Å². The van der Waals surface area contributed by atoms with Crippen LogP contribution in [0.4, 0.5) is 0 Å². The van der Waals surface area contributed by atoms with Gasteiger partial charge in [0.2, 0.25) is 5.84 Å². The summed E-state index contributed by atoms with van der Waals surface area (Å²) in [7, 11) is 0. The van der Waals surface area contributed by atoms with Gasteiger partial charge < -0.3 is 10.5 Å². The number of nitrogens with one attached hydrogen (secondary N) is 2. The molecule has 118 valence electrons. The standard InChI is InChI=1S/C18H20N4O/c1-12-9-14(10-15(21-12)13-5-3-2-4-6-13)18-20-11-16-17(22(18)23)7-8-19-16/h2-8,11-12,14-15,21-22H,9-10H2,1H3.